The Hall–Kier alpha value is -2.73. The van der Waals surface area contributed by atoms with Crippen LogP contribution >= 0.6 is 0 Å². The second-order valence-electron chi connectivity index (χ2n) is 7.05. The van der Waals surface area contributed by atoms with Crippen LogP contribution < -0.4 is 19.5 Å². The van der Waals surface area contributed by atoms with E-state index in [1.807, 2.05) is 36.4 Å². The smallest absolute Gasteiger partial charge is 0.265 e. The monoisotopic (exact) mass is 384 g/mol. The summed E-state index contributed by atoms with van der Waals surface area (Å²) >= 11 is 0. The first-order chi connectivity index (χ1) is 13.5. The van der Waals surface area contributed by atoms with E-state index in [9.17, 15) is 4.79 Å². The molecule has 28 heavy (non-hydrogen) atoms. The van der Waals surface area contributed by atoms with Crippen LogP contribution in [-0.4, -0.2) is 50.3 Å². The summed E-state index contributed by atoms with van der Waals surface area (Å²) in [6.45, 7) is 3.82. The lowest BCUT2D eigenvalue weighted by Gasteiger charge is -2.29. The number of likely N-dealkylation sites (tertiary alicyclic amines) is 1. The van der Waals surface area contributed by atoms with Gasteiger partial charge < -0.3 is 24.4 Å². The SMILES string of the molecule is COc1ccccc1OC(C)C(=O)Nc1ccc(OC2CCN(C)CC2)cc1. The van der Waals surface area contributed by atoms with Crippen molar-refractivity contribution in [3.8, 4) is 17.2 Å². The van der Waals surface area contributed by atoms with Crippen molar-refractivity contribution in [3.63, 3.8) is 0 Å². The minimum Gasteiger partial charge on any atom is -0.493 e. The predicted molar refractivity (Wildman–Crippen MR) is 109 cm³/mol. The molecule has 0 aliphatic carbocycles. The minimum absolute atomic E-state index is 0.227. The standard InChI is InChI=1S/C22H28N2O4/c1-16(27-21-7-5-4-6-20(21)26-3)22(25)23-17-8-10-18(11-9-17)28-19-12-14-24(2)15-13-19/h4-11,16,19H,12-15H2,1-3H3,(H,23,25). The normalized spacial score (nSPS) is 16.2. The molecule has 2 aromatic carbocycles. The molecule has 1 aliphatic heterocycles. The zero-order valence-corrected chi connectivity index (χ0v) is 16.7. The predicted octanol–water partition coefficient (Wildman–Crippen LogP) is 3.57. The lowest BCUT2D eigenvalue weighted by molar-refractivity contribution is -0.122. The third kappa shape index (κ3) is 5.39. The van der Waals surface area contributed by atoms with E-state index < -0.39 is 6.10 Å². The zero-order valence-electron chi connectivity index (χ0n) is 16.7. The largest absolute Gasteiger partial charge is 0.493 e. The van der Waals surface area contributed by atoms with Gasteiger partial charge in [0.05, 0.1) is 7.11 Å². The van der Waals surface area contributed by atoms with Gasteiger partial charge in [-0.2, -0.15) is 0 Å². The molecule has 0 aromatic heterocycles. The maximum Gasteiger partial charge on any atom is 0.265 e. The number of benzene rings is 2. The molecule has 1 heterocycles. The highest BCUT2D eigenvalue weighted by atomic mass is 16.5. The third-order valence-corrected chi connectivity index (χ3v) is 4.83. The van der Waals surface area contributed by atoms with E-state index in [0.29, 0.717) is 17.2 Å². The Bertz CT molecular complexity index is 770. The van der Waals surface area contributed by atoms with E-state index in [2.05, 4.69) is 17.3 Å². The summed E-state index contributed by atoms with van der Waals surface area (Å²) in [5.74, 6) is 1.73. The lowest BCUT2D eigenvalue weighted by Crippen LogP contribution is -2.35. The van der Waals surface area contributed by atoms with Crippen LogP contribution in [0.3, 0.4) is 0 Å². The van der Waals surface area contributed by atoms with E-state index in [0.717, 1.165) is 31.7 Å². The summed E-state index contributed by atoms with van der Waals surface area (Å²) in [7, 11) is 3.70. The number of anilines is 1. The van der Waals surface area contributed by atoms with Crippen LogP contribution in [-0.2, 0) is 4.79 Å². The van der Waals surface area contributed by atoms with E-state index in [4.69, 9.17) is 14.2 Å². The van der Waals surface area contributed by atoms with Gasteiger partial charge in [0.2, 0.25) is 0 Å². The number of para-hydroxylation sites is 2. The van der Waals surface area contributed by atoms with E-state index in [-0.39, 0.29) is 12.0 Å². The molecular weight excluding hydrogens is 356 g/mol. The van der Waals surface area contributed by atoms with Crippen LogP contribution in [0.1, 0.15) is 19.8 Å². The second-order valence-corrected chi connectivity index (χ2v) is 7.05. The van der Waals surface area contributed by atoms with Gasteiger partial charge in [-0.15, -0.1) is 0 Å². The average molecular weight is 384 g/mol. The van der Waals surface area contributed by atoms with Gasteiger partial charge in [0.25, 0.3) is 5.91 Å². The molecule has 1 fully saturated rings. The highest BCUT2D eigenvalue weighted by Crippen LogP contribution is 2.27. The Labute approximate surface area is 166 Å². The first-order valence-electron chi connectivity index (χ1n) is 9.61. The Morgan fingerprint density at radius 2 is 1.71 bits per heavy atom. The molecule has 1 aliphatic rings. The van der Waals surface area contributed by atoms with Crippen LogP contribution in [0, 0.1) is 0 Å². The fraction of sp³-hybridized carbons (Fsp3) is 0.409. The van der Waals surface area contributed by atoms with E-state index >= 15 is 0 Å². The number of carbonyl (C=O) groups excluding carboxylic acids is 1. The Kier molecular flexibility index (Phi) is 6.76. The Balaban J connectivity index is 1.52. The molecule has 0 saturated carbocycles. The molecule has 0 spiro atoms. The van der Waals surface area contributed by atoms with Gasteiger partial charge in [-0.3, -0.25) is 4.79 Å². The topological polar surface area (TPSA) is 60.0 Å². The van der Waals surface area contributed by atoms with Crippen LogP contribution in [0.25, 0.3) is 0 Å². The van der Waals surface area contributed by atoms with Crippen LogP contribution in [0.5, 0.6) is 17.2 Å². The molecule has 1 amide bonds. The molecule has 2 aromatic rings. The van der Waals surface area contributed by atoms with Gasteiger partial charge >= 0.3 is 0 Å². The molecule has 1 saturated heterocycles. The number of carbonyl (C=O) groups is 1. The van der Waals surface area contributed by atoms with Crippen LogP contribution in [0.15, 0.2) is 48.5 Å². The summed E-state index contributed by atoms with van der Waals surface area (Å²) in [5, 5.41) is 2.87. The summed E-state index contributed by atoms with van der Waals surface area (Å²) in [6, 6.07) is 14.7. The van der Waals surface area contributed by atoms with Crippen molar-refractivity contribution >= 4 is 11.6 Å². The maximum absolute atomic E-state index is 12.4. The summed E-state index contributed by atoms with van der Waals surface area (Å²) in [4.78, 5) is 14.7. The molecule has 150 valence electrons. The summed E-state index contributed by atoms with van der Waals surface area (Å²) in [6.07, 6.45) is 1.66. The summed E-state index contributed by atoms with van der Waals surface area (Å²) < 4.78 is 17.0. The molecule has 0 bridgehead atoms. The van der Waals surface area contributed by atoms with Gasteiger partial charge in [-0.25, -0.2) is 0 Å². The molecule has 1 N–H and O–H groups in total. The second kappa shape index (κ2) is 9.46. The van der Waals surface area contributed by atoms with E-state index in [1.54, 1.807) is 26.2 Å². The van der Waals surface area contributed by atoms with Crippen LogP contribution in [0.2, 0.25) is 0 Å². The van der Waals surface area contributed by atoms with Crippen molar-refractivity contribution in [1.29, 1.82) is 0 Å². The molecule has 3 rings (SSSR count). The first-order valence-corrected chi connectivity index (χ1v) is 9.61. The molecule has 6 nitrogen and oxygen atoms in total. The molecule has 1 atom stereocenters. The summed E-state index contributed by atoms with van der Waals surface area (Å²) in [5.41, 5.74) is 0.705. The molecule has 1 unspecified atom stereocenters. The fourth-order valence-corrected chi connectivity index (χ4v) is 3.12. The van der Waals surface area contributed by atoms with Gasteiger partial charge in [0, 0.05) is 18.8 Å². The van der Waals surface area contributed by atoms with E-state index in [1.165, 1.54) is 0 Å². The van der Waals surface area contributed by atoms with Crippen molar-refractivity contribution in [2.24, 2.45) is 0 Å². The Morgan fingerprint density at radius 1 is 1.07 bits per heavy atom. The minimum atomic E-state index is -0.661. The number of piperidine rings is 1. The highest BCUT2D eigenvalue weighted by molar-refractivity contribution is 5.94. The zero-order chi connectivity index (χ0) is 19.9. The van der Waals surface area contributed by atoms with Gasteiger partial charge in [0.15, 0.2) is 17.6 Å². The number of rotatable bonds is 7. The average Bonchev–Trinajstić information content (AvgIpc) is 2.71. The fourth-order valence-electron chi connectivity index (χ4n) is 3.12. The van der Waals surface area contributed by atoms with Crippen molar-refractivity contribution < 1.29 is 19.0 Å². The molecular formula is C22H28N2O4. The van der Waals surface area contributed by atoms with Crippen molar-refractivity contribution in [1.82, 2.24) is 4.90 Å². The number of hydrogen-bond donors (Lipinski definition) is 1. The number of hydrogen-bond acceptors (Lipinski definition) is 5. The van der Waals surface area contributed by atoms with Gasteiger partial charge in [-0.1, -0.05) is 12.1 Å². The van der Waals surface area contributed by atoms with Crippen LogP contribution in [0.4, 0.5) is 5.69 Å². The maximum atomic E-state index is 12.4. The highest BCUT2D eigenvalue weighted by Gasteiger charge is 2.19. The van der Waals surface area contributed by atoms with Crippen molar-refractivity contribution in [3.05, 3.63) is 48.5 Å². The molecule has 0 radical (unpaired) electrons. The number of amides is 1. The number of nitrogens with zero attached hydrogens (tertiary/aromatic N) is 1. The van der Waals surface area contributed by atoms with Gasteiger partial charge in [-0.05, 0) is 63.2 Å². The van der Waals surface area contributed by atoms with Crippen molar-refractivity contribution in [2.75, 3.05) is 32.6 Å². The quantitative estimate of drug-likeness (QED) is 0.791. The van der Waals surface area contributed by atoms with Gasteiger partial charge in [0.1, 0.15) is 11.9 Å². The molecule has 6 heteroatoms. The Morgan fingerprint density at radius 3 is 2.36 bits per heavy atom. The number of nitrogens with one attached hydrogen (secondary N) is 1. The number of methoxy groups -OCH3 is 1. The first kappa shape index (κ1) is 20.0. The van der Waals surface area contributed by atoms with Crippen molar-refractivity contribution in [2.45, 2.75) is 32.0 Å². The number of ether oxygens (including phenoxy) is 3. The lowest BCUT2D eigenvalue weighted by atomic mass is 10.1. The third-order valence-electron chi connectivity index (χ3n) is 4.83.